The predicted octanol–water partition coefficient (Wildman–Crippen LogP) is 1.20. The highest BCUT2D eigenvalue weighted by Crippen LogP contribution is 2.30. The minimum Gasteiger partial charge on any atom is -0.349 e. The summed E-state index contributed by atoms with van der Waals surface area (Å²) in [5, 5.41) is 9.41. The van der Waals surface area contributed by atoms with Crippen molar-refractivity contribution in [3.05, 3.63) is 35.2 Å². The van der Waals surface area contributed by atoms with Gasteiger partial charge in [0.1, 0.15) is 12.1 Å². The molecule has 0 atom stereocenters. The van der Waals surface area contributed by atoms with Crippen LogP contribution in [-0.4, -0.2) is 64.3 Å². The highest BCUT2D eigenvalue weighted by molar-refractivity contribution is 7.17. The van der Waals surface area contributed by atoms with E-state index in [0.29, 0.717) is 18.8 Å². The maximum absolute atomic E-state index is 12.3. The number of amides is 1. The van der Waals surface area contributed by atoms with E-state index in [1.165, 1.54) is 0 Å². The quantitative estimate of drug-likeness (QED) is 0.726. The van der Waals surface area contributed by atoms with E-state index in [2.05, 4.69) is 25.3 Å². The van der Waals surface area contributed by atoms with Gasteiger partial charge in [-0.05, 0) is 31.6 Å². The van der Waals surface area contributed by atoms with Gasteiger partial charge in [0.2, 0.25) is 0 Å². The molecule has 3 aromatic rings. The standard InChI is InChI=1S/C17H21N7OS/c1-22(2)5-4-18-17(25)14-9-12-10-23(6-7-24(12)21-14)16-15-13(3-8-26-15)19-11-20-16/h3,8-9,11H,4-7,10H2,1-2H3,(H,18,25). The highest BCUT2D eigenvalue weighted by atomic mass is 32.1. The molecule has 1 N–H and O–H groups in total. The Morgan fingerprint density at radius 3 is 3.08 bits per heavy atom. The summed E-state index contributed by atoms with van der Waals surface area (Å²) in [5.41, 5.74) is 2.47. The van der Waals surface area contributed by atoms with Crippen LogP contribution in [-0.2, 0) is 13.1 Å². The Bertz CT molecular complexity index is 932. The van der Waals surface area contributed by atoms with Crippen LogP contribution in [0.5, 0.6) is 0 Å². The van der Waals surface area contributed by atoms with Crippen molar-refractivity contribution in [3.63, 3.8) is 0 Å². The molecule has 0 aliphatic carbocycles. The molecule has 3 aromatic heterocycles. The number of rotatable bonds is 5. The van der Waals surface area contributed by atoms with E-state index in [1.807, 2.05) is 41.2 Å². The van der Waals surface area contributed by atoms with Gasteiger partial charge >= 0.3 is 0 Å². The van der Waals surface area contributed by atoms with Crippen molar-refractivity contribution in [2.24, 2.45) is 0 Å². The number of nitrogens with zero attached hydrogens (tertiary/aromatic N) is 6. The number of carbonyl (C=O) groups is 1. The third kappa shape index (κ3) is 3.27. The summed E-state index contributed by atoms with van der Waals surface area (Å²) in [4.78, 5) is 25.4. The number of fused-ring (bicyclic) bond motifs is 2. The molecule has 136 valence electrons. The van der Waals surface area contributed by atoms with Gasteiger partial charge in [-0.2, -0.15) is 5.10 Å². The van der Waals surface area contributed by atoms with Crippen LogP contribution in [0.15, 0.2) is 23.8 Å². The molecule has 0 radical (unpaired) electrons. The van der Waals surface area contributed by atoms with Crippen molar-refractivity contribution >= 4 is 33.3 Å². The van der Waals surface area contributed by atoms with Crippen LogP contribution in [0.2, 0.25) is 0 Å². The molecular weight excluding hydrogens is 350 g/mol. The van der Waals surface area contributed by atoms with Crippen molar-refractivity contribution in [2.45, 2.75) is 13.1 Å². The molecule has 4 rings (SSSR count). The average molecular weight is 371 g/mol. The van der Waals surface area contributed by atoms with Crippen molar-refractivity contribution < 1.29 is 4.79 Å². The molecule has 0 saturated heterocycles. The Morgan fingerprint density at radius 2 is 2.23 bits per heavy atom. The lowest BCUT2D eigenvalue weighted by Gasteiger charge is -2.28. The van der Waals surface area contributed by atoms with Crippen LogP contribution < -0.4 is 10.2 Å². The van der Waals surface area contributed by atoms with Gasteiger partial charge in [0.25, 0.3) is 5.91 Å². The van der Waals surface area contributed by atoms with E-state index in [-0.39, 0.29) is 5.91 Å². The van der Waals surface area contributed by atoms with Gasteiger partial charge in [0, 0.05) is 19.6 Å². The summed E-state index contributed by atoms with van der Waals surface area (Å²) >= 11 is 1.65. The van der Waals surface area contributed by atoms with Gasteiger partial charge in [-0.3, -0.25) is 9.48 Å². The fourth-order valence-electron chi connectivity index (χ4n) is 3.04. The molecule has 0 fully saturated rings. The summed E-state index contributed by atoms with van der Waals surface area (Å²) < 4.78 is 3.02. The third-order valence-electron chi connectivity index (χ3n) is 4.40. The minimum atomic E-state index is -0.122. The number of nitrogens with one attached hydrogen (secondary N) is 1. The Hall–Kier alpha value is -2.52. The zero-order valence-corrected chi connectivity index (χ0v) is 15.7. The summed E-state index contributed by atoms with van der Waals surface area (Å²) in [5.74, 6) is 0.831. The lowest BCUT2D eigenvalue weighted by molar-refractivity contribution is 0.0945. The Kier molecular flexibility index (Phi) is 4.56. The normalized spacial score (nSPS) is 14.0. The van der Waals surface area contributed by atoms with Crippen LogP contribution >= 0.6 is 11.3 Å². The summed E-state index contributed by atoms with van der Waals surface area (Å²) in [6, 6.07) is 3.89. The largest absolute Gasteiger partial charge is 0.349 e. The first kappa shape index (κ1) is 16.9. The van der Waals surface area contributed by atoms with Gasteiger partial charge in [-0.25, -0.2) is 9.97 Å². The Morgan fingerprint density at radius 1 is 1.35 bits per heavy atom. The summed E-state index contributed by atoms with van der Waals surface area (Å²) in [7, 11) is 3.96. The number of aromatic nitrogens is 4. The fraction of sp³-hybridized carbons (Fsp3) is 0.412. The second-order valence-corrected chi connectivity index (χ2v) is 7.47. The molecule has 1 aliphatic heterocycles. The smallest absolute Gasteiger partial charge is 0.271 e. The van der Waals surface area contributed by atoms with Gasteiger partial charge in [0.05, 0.1) is 29.0 Å². The van der Waals surface area contributed by atoms with Crippen molar-refractivity contribution in [1.82, 2.24) is 30.0 Å². The molecule has 0 bridgehead atoms. The zero-order chi connectivity index (χ0) is 18.1. The number of hydrogen-bond donors (Lipinski definition) is 1. The first-order valence-corrected chi connectivity index (χ1v) is 9.42. The first-order chi connectivity index (χ1) is 12.6. The monoisotopic (exact) mass is 371 g/mol. The fourth-order valence-corrected chi connectivity index (χ4v) is 3.90. The number of carbonyl (C=O) groups excluding carboxylic acids is 1. The van der Waals surface area contributed by atoms with Crippen molar-refractivity contribution in [3.8, 4) is 0 Å². The molecule has 0 spiro atoms. The van der Waals surface area contributed by atoms with E-state index in [4.69, 9.17) is 0 Å². The Labute approximate surface area is 155 Å². The Balaban J connectivity index is 1.50. The second-order valence-electron chi connectivity index (χ2n) is 6.56. The number of likely N-dealkylation sites (N-methyl/N-ethyl adjacent to an activating group) is 1. The van der Waals surface area contributed by atoms with Gasteiger partial charge in [-0.1, -0.05) is 0 Å². The maximum atomic E-state index is 12.3. The highest BCUT2D eigenvalue weighted by Gasteiger charge is 2.23. The third-order valence-corrected chi connectivity index (χ3v) is 5.30. The molecule has 0 aromatic carbocycles. The van der Waals surface area contributed by atoms with E-state index in [1.54, 1.807) is 17.7 Å². The number of anilines is 1. The van der Waals surface area contributed by atoms with Gasteiger partial charge < -0.3 is 15.1 Å². The average Bonchev–Trinajstić information content (AvgIpc) is 3.27. The maximum Gasteiger partial charge on any atom is 0.271 e. The molecule has 9 heteroatoms. The molecule has 26 heavy (non-hydrogen) atoms. The molecule has 1 aliphatic rings. The summed E-state index contributed by atoms with van der Waals surface area (Å²) in [6.45, 7) is 3.63. The van der Waals surface area contributed by atoms with E-state index in [9.17, 15) is 4.79 Å². The minimum absolute atomic E-state index is 0.122. The van der Waals surface area contributed by atoms with Crippen molar-refractivity contribution in [2.75, 3.05) is 38.6 Å². The first-order valence-electron chi connectivity index (χ1n) is 8.54. The van der Waals surface area contributed by atoms with E-state index < -0.39 is 0 Å². The van der Waals surface area contributed by atoms with Crippen LogP contribution in [0, 0.1) is 0 Å². The second kappa shape index (κ2) is 7.00. The SMILES string of the molecule is CN(C)CCNC(=O)c1cc2n(n1)CCN(c1ncnc3ccsc13)C2. The van der Waals surface area contributed by atoms with Crippen LogP contribution in [0.25, 0.3) is 10.2 Å². The van der Waals surface area contributed by atoms with Crippen LogP contribution in [0.3, 0.4) is 0 Å². The molecule has 4 heterocycles. The van der Waals surface area contributed by atoms with Gasteiger partial charge in [-0.15, -0.1) is 11.3 Å². The molecule has 8 nitrogen and oxygen atoms in total. The summed E-state index contributed by atoms with van der Waals surface area (Å²) in [6.07, 6.45) is 1.61. The molecule has 1 amide bonds. The molecule has 0 saturated carbocycles. The topological polar surface area (TPSA) is 79.2 Å². The lowest BCUT2D eigenvalue weighted by atomic mass is 10.2. The number of hydrogen-bond acceptors (Lipinski definition) is 7. The predicted molar refractivity (Wildman–Crippen MR) is 102 cm³/mol. The van der Waals surface area contributed by atoms with E-state index >= 15 is 0 Å². The lowest BCUT2D eigenvalue weighted by Crippen LogP contribution is -2.34. The van der Waals surface area contributed by atoms with Gasteiger partial charge in [0.15, 0.2) is 5.69 Å². The molecular formula is C17H21N7OS. The zero-order valence-electron chi connectivity index (χ0n) is 14.8. The van der Waals surface area contributed by atoms with Crippen molar-refractivity contribution in [1.29, 1.82) is 0 Å². The number of thiophene rings is 1. The molecule has 0 unspecified atom stereocenters. The van der Waals surface area contributed by atoms with Crippen LogP contribution in [0.1, 0.15) is 16.2 Å². The van der Waals surface area contributed by atoms with Crippen LogP contribution in [0.4, 0.5) is 5.82 Å². The van der Waals surface area contributed by atoms with E-state index in [0.717, 1.165) is 41.4 Å².